The lowest BCUT2D eigenvalue weighted by Crippen LogP contribution is -2.30. The van der Waals surface area contributed by atoms with Gasteiger partial charge in [-0.15, -0.1) is 0 Å². The zero-order valence-electron chi connectivity index (χ0n) is 11.5. The van der Waals surface area contributed by atoms with Crippen LogP contribution in [0.4, 0.5) is 0 Å². The summed E-state index contributed by atoms with van der Waals surface area (Å²) in [5.41, 5.74) is 2.83. The molecule has 102 valence electrons. The third-order valence-electron chi connectivity index (χ3n) is 4.70. The van der Waals surface area contributed by atoms with Crippen LogP contribution in [0.3, 0.4) is 0 Å². The largest absolute Gasteiger partial charge is 0.305 e. The van der Waals surface area contributed by atoms with E-state index < -0.39 is 0 Å². The first-order valence-electron chi connectivity index (χ1n) is 7.52. The summed E-state index contributed by atoms with van der Waals surface area (Å²) in [6.07, 6.45) is 2.38. The standard InChI is InChI=1S/C18H20N2/c1-3-7-13(8-4-1)15-11-17-18(19-15)12-16(20-17)14-9-5-2-6-10-14/h1-10,15-20H,11-12H2. The van der Waals surface area contributed by atoms with Crippen molar-refractivity contribution in [1.29, 1.82) is 0 Å². The third kappa shape index (κ3) is 2.15. The van der Waals surface area contributed by atoms with Gasteiger partial charge in [0.25, 0.3) is 0 Å². The molecule has 2 aromatic carbocycles. The van der Waals surface area contributed by atoms with Gasteiger partial charge in [-0.25, -0.2) is 0 Å². The van der Waals surface area contributed by atoms with E-state index in [1.54, 1.807) is 0 Å². The fourth-order valence-electron chi connectivity index (χ4n) is 3.69. The molecular weight excluding hydrogens is 244 g/mol. The van der Waals surface area contributed by atoms with Gasteiger partial charge < -0.3 is 10.6 Å². The minimum atomic E-state index is 0.510. The number of nitrogens with one attached hydrogen (secondary N) is 2. The van der Waals surface area contributed by atoms with Crippen molar-refractivity contribution in [3.05, 3.63) is 71.8 Å². The van der Waals surface area contributed by atoms with Gasteiger partial charge in [0.15, 0.2) is 0 Å². The number of hydrogen-bond acceptors (Lipinski definition) is 2. The van der Waals surface area contributed by atoms with Gasteiger partial charge in [0.2, 0.25) is 0 Å². The van der Waals surface area contributed by atoms with Crippen LogP contribution in [0, 0.1) is 0 Å². The SMILES string of the molecule is c1ccc(C2CC3NC(c4ccccc4)CC3N2)cc1. The van der Waals surface area contributed by atoms with Crippen LogP contribution in [0.15, 0.2) is 60.7 Å². The highest BCUT2D eigenvalue weighted by molar-refractivity contribution is 5.25. The van der Waals surface area contributed by atoms with Crippen LogP contribution in [0.5, 0.6) is 0 Å². The van der Waals surface area contributed by atoms with E-state index in [0.29, 0.717) is 24.2 Å². The van der Waals surface area contributed by atoms with E-state index >= 15 is 0 Å². The molecule has 2 aliphatic heterocycles. The molecule has 2 aliphatic rings. The maximum atomic E-state index is 3.81. The molecule has 0 amide bonds. The van der Waals surface area contributed by atoms with Crippen molar-refractivity contribution in [1.82, 2.24) is 10.6 Å². The second-order valence-corrected chi connectivity index (χ2v) is 5.94. The monoisotopic (exact) mass is 264 g/mol. The summed E-state index contributed by atoms with van der Waals surface area (Å²) < 4.78 is 0. The predicted octanol–water partition coefficient (Wildman–Crippen LogP) is 3.19. The molecule has 2 N–H and O–H groups in total. The van der Waals surface area contributed by atoms with Crippen LogP contribution in [0.2, 0.25) is 0 Å². The quantitative estimate of drug-likeness (QED) is 0.870. The Balaban J connectivity index is 1.46. The Morgan fingerprint density at radius 1 is 0.600 bits per heavy atom. The Morgan fingerprint density at radius 3 is 1.40 bits per heavy atom. The highest BCUT2D eigenvalue weighted by atomic mass is 15.1. The number of hydrogen-bond donors (Lipinski definition) is 2. The fourth-order valence-corrected chi connectivity index (χ4v) is 3.69. The maximum Gasteiger partial charge on any atom is 0.0338 e. The van der Waals surface area contributed by atoms with Crippen molar-refractivity contribution in [2.24, 2.45) is 0 Å². The second-order valence-electron chi connectivity index (χ2n) is 5.94. The predicted molar refractivity (Wildman–Crippen MR) is 81.4 cm³/mol. The molecule has 2 saturated heterocycles. The van der Waals surface area contributed by atoms with E-state index in [1.165, 1.54) is 24.0 Å². The van der Waals surface area contributed by atoms with Gasteiger partial charge in [0, 0.05) is 24.2 Å². The summed E-state index contributed by atoms with van der Waals surface area (Å²) >= 11 is 0. The van der Waals surface area contributed by atoms with Gasteiger partial charge in [-0.3, -0.25) is 0 Å². The summed E-state index contributed by atoms with van der Waals surface area (Å²) in [4.78, 5) is 0. The Morgan fingerprint density at radius 2 is 1.00 bits per heavy atom. The summed E-state index contributed by atoms with van der Waals surface area (Å²) in [6, 6.07) is 23.8. The van der Waals surface area contributed by atoms with Crippen molar-refractivity contribution < 1.29 is 0 Å². The Bertz CT molecular complexity index is 501. The first-order chi connectivity index (χ1) is 9.90. The average molecular weight is 264 g/mol. The summed E-state index contributed by atoms with van der Waals surface area (Å²) in [7, 11) is 0. The summed E-state index contributed by atoms with van der Waals surface area (Å²) in [6.45, 7) is 0. The van der Waals surface area contributed by atoms with Crippen molar-refractivity contribution in [2.45, 2.75) is 37.0 Å². The van der Waals surface area contributed by atoms with Crippen LogP contribution in [-0.2, 0) is 0 Å². The van der Waals surface area contributed by atoms with Gasteiger partial charge in [-0.1, -0.05) is 60.7 Å². The van der Waals surface area contributed by atoms with Crippen LogP contribution in [0.25, 0.3) is 0 Å². The van der Waals surface area contributed by atoms with Crippen LogP contribution in [-0.4, -0.2) is 12.1 Å². The minimum absolute atomic E-state index is 0.510. The molecule has 20 heavy (non-hydrogen) atoms. The minimum Gasteiger partial charge on any atom is -0.305 e. The molecular formula is C18H20N2. The van der Waals surface area contributed by atoms with Crippen LogP contribution in [0.1, 0.15) is 36.1 Å². The maximum absolute atomic E-state index is 3.81. The smallest absolute Gasteiger partial charge is 0.0338 e. The van der Waals surface area contributed by atoms with Crippen molar-refractivity contribution >= 4 is 0 Å². The Labute approximate surface area is 120 Å². The van der Waals surface area contributed by atoms with E-state index in [4.69, 9.17) is 0 Å². The molecule has 2 aromatic rings. The molecule has 0 saturated carbocycles. The highest BCUT2D eigenvalue weighted by Gasteiger charge is 2.41. The fraction of sp³-hybridized carbons (Fsp3) is 0.333. The third-order valence-corrected chi connectivity index (χ3v) is 4.70. The molecule has 2 nitrogen and oxygen atoms in total. The van der Waals surface area contributed by atoms with Gasteiger partial charge >= 0.3 is 0 Å². The van der Waals surface area contributed by atoms with Crippen LogP contribution < -0.4 is 10.6 Å². The molecule has 0 aliphatic carbocycles. The van der Waals surface area contributed by atoms with Crippen molar-refractivity contribution in [2.75, 3.05) is 0 Å². The molecule has 2 fully saturated rings. The molecule has 4 atom stereocenters. The number of benzene rings is 2. The zero-order valence-corrected chi connectivity index (χ0v) is 11.5. The van der Waals surface area contributed by atoms with Gasteiger partial charge in [0.05, 0.1) is 0 Å². The molecule has 4 unspecified atom stereocenters. The molecule has 2 heterocycles. The zero-order chi connectivity index (χ0) is 13.4. The average Bonchev–Trinajstić information content (AvgIpc) is 3.08. The number of rotatable bonds is 2. The molecule has 0 radical (unpaired) electrons. The van der Waals surface area contributed by atoms with Crippen molar-refractivity contribution in [3.63, 3.8) is 0 Å². The normalized spacial score (nSPS) is 32.2. The van der Waals surface area contributed by atoms with Crippen molar-refractivity contribution in [3.8, 4) is 0 Å². The van der Waals surface area contributed by atoms with Crippen LogP contribution >= 0.6 is 0 Å². The molecule has 0 aromatic heterocycles. The van der Waals surface area contributed by atoms with E-state index in [0.717, 1.165) is 0 Å². The second kappa shape index (κ2) is 5.04. The van der Waals surface area contributed by atoms with Gasteiger partial charge in [-0.2, -0.15) is 0 Å². The lowest BCUT2D eigenvalue weighted by molar-refractivity contribution is 0.508. The molecule has 0 bridgehead atoms. The summed E-state index contributed by atoms with van der Waals surface area (Å²) in [5.74, 6) is 0. The van der Waals surface area contributed by atoms with E-state index in [1.807, 2.05) is 0 Å². The first-order valence-corrected chi connectivity index (χ1v) is 7.52. The van der Waals surface area contributed by atoms with Gasteiger partial charge in [0.1, 0.15) is 0 Å². The summed E-state index contributed by atoms with van der Waals surface area (Å²) in [5, 5.41) is 7.61. The van der Waals surface area contributed by atoms with Gasteiger partial charge in [-0.05, 0) is 24.0 Å². The van der Waals surface area contributed by atoms with E-state index in [9.17, 15) is 0 Å². The Kier molecular flexibility index (Phi) is 3.06. The topological polar surface area (TPSA) is 24.1 Å². The van der Waals surface area contributed by atoms with E-state index in [-0.39, 0.29) is 0 Å². The number of fused-ring (bicyclic) bond motifs is 1. The Hall–Kier alpha value is -1.64. The first kappa shape index (κ1) is 12.1. The molecule has 2 heteroatoms. The van der Waals surface area contributed by atoms with E-state index in [2.05, 4.69) is 71.3 Å². The highest BCUT2D eigenvalue weighted by Crippen LogP contribution is 2.37. The lowest BCUT2D eigenvalue weighted by atomic mass is 10.0. The molecule has 0 spiro atoms. The lowest BCUT2D eigenvalue weighted by Gasteiger charge is -2.17. The molecule has 4 rings (SSSR count).